The minimum absolute atomic E-state index is 0.0537. The molecule has 1 aromatic carbocycles. The lowest BCUT2D eigenvalue weighted by Gasteiger charge is -2.09. The van der Waals surface area contributed by atoms with E-state index in [1.54, 1.807) is 0 Å². The molecule has 1 rings (SSSR count). The molecule has 17 heavy (non-hydrogen) atoms. The molecule has 0 bridgehead atoms. The Morgan fingerprint density at radius 3 is 2.94 bits per heavy atom. The molecule has 6 heteroatoms. The van der Waals surface area contributed by atoms with E-state index in [9.17, 15) is 9.18 Å². The highest BCUT2D eigenvalue weighted by Crippen LogP contribution is 2.11. The summed E-state index contributed by atoms with van der Waals surface area (Å²) in [5.41, 5.74) is 0. The van der Waals surface area contributed by atoms with Crippen LogP contribution in [0.4, 0.5) is 4.39 Å². The van der Waals surface area contributed by atoms with E-state index in [0.717, 1.165) is 6.07 Å². The predicted molar refractivity (Wildman–Crippen MR) is 58.0 cm³/mol. The van der Waals surface area contributed by atoms with Crippen LogP contribution in [0.15, 0.2) is 24.3 Å². The van der Waals surface area contributed by atoms with Crippen molar-refractivity contribution in [3.63, 3.8) is 0 Å². The number of amides is 1. The lowest BCUT2D eigenvalue weighted by Crippen LogP contribution is -2.36. The molecule has 0 aromatic heterocycles. The Balaban J connectivity index is 2.28. The van der Waals surface area contributed by atoms with Crippen LogP contribution >= 0.6 is 0 Å². The molecule has 5 nitrogen and oxygen atoms in total. The summed E-state index contributed by atoms with van der Waals surface area (Å²) in [6.07, 6.45) is -0.992. The summed E-state index contributed by atoms with van der Waals surface area (Å²) >= 11 is 0. The molecule has 0 fully saturated rings. The molecule has 1 unspecified atom stereocenters. The summed E-state index contributed by atoms with van der Waals surface area (Å²) < 4.78 is 17.8. The van der Waals surface area contributed by atoms with Gasteiger partial charge < -0.3 is 20.3 Å². The smallest absolute Gasteiger partial charge is 0.258 e. The standard InChI is InChI=1S/C11H14FNO4/c12-8-2-1-3-10(4-8)17-7-11(16)13-5-9(15)6-14/h1-4,9,14-15H,5-7H2,(H,13,16). The van der Waals surface area contributed by atoms with Gasteiger partial charge in [-0.05, 0) is 12.1 Å². The predicted octanol–water partition coefficient (Wildman–Crippen LogP) is -0.326. The van der Waals surface area contributed by atoms with Gasteiger partial charge in [-0.15, -0.1) is 0 Å². The van der Waals surface area contributed by atoms with Crippen molar-refractivity contribution in [2.24, 2.45) is 0 Å². The van der Waals surface area contributed by atoms with Gasteiger partial charge in [-0.25, -0.2) is 4.39 Å². The third kappa shape index (κ3) is 5.28. The minimum Gasteiger partial charge on any atom is -0.484 e. The summed E-state index contributed by atoms with van der Waals surface area (Å²) in [7, 11) is 0. The number of hydrogen-bond donors (Lipinski definition) is 3. The van der Waals surface area contributed by atoms with Crippen molar-refractivity contribution >= 4 is 5.91 Å². The van der Waals surface area contributed by atoms with Crippen molar-refractivity contribution in [2.75, 3.05) is 19.8 Å². The molecule has 0 saturated heterocycles. The van der Waals surface area contributed by atoms with E-state index in [0.29, 0.717) is 0 Å². The third-order valence-electron chi connectivity index (χ3n) is 1.91. The van der Waals surface area contributed by atoms with Crippen LogP contribution in [-0.2, 0) is 4.79 Å². The molecule has 0 heterocycles. The van der Waals surface area contributed by atoms with Crippen molar-refractivity contribution in [3.8, 4) is 5.75 Å². The number of ether oxygens (including phenoxy) is 1. The van der Waals surface area contributed by atoms with Crippen LogP contribution in [0.2, 0.25) is 0 Å². The zero-order chi connectivity index (χ0) is 12.7. The van der Waals surface area contributed by atoms with E-state index in [4.69, 9.17) is 14.9 Å². The number of hydrogen-bond acceptors (Lipinski definition) is 4. The van der Waals surface area contributed by atoms with Crippen molar-refractivity contribution in [2.45, 2.75) is 6.10 Å². The number of benzene rings is 1. The van der Waals surface area contributed by atoms with Gasteiger partial charge in [-0.3, -0.25) is 4.79 Å². The van der Waals surface area contributed by atoms with Gasteiger partial charge in [-0.2, -0.15) is 0 Å². The SMILES string of the molecule is O=C(COc1cccc(F)c1)NCC(O)CO. The number of aliphatic hydroxyl groups excluding tert-OH is 2. The van der Waals surface area contributed by atoms with Crippen molar-refractivity contribution in [3.05, 3.63) is 30.1 Å². The Bertz CT molecular complexity index is 372. The number of rotatable bonds is 6. The zero-order valence-corrected chi connectivity index (χ0v) is 9.10. The fourth-order valence-electron chi connectivity index (χ4n) is 1.05. The van der Waals surface area contributed by atoms with Gasteiger partial charge in [0, 0.05) is 12.6 Å². The van der Waals surface area contributed by atoms with E-state index in [1.807, 2.05) is 0 Å². The molecule has 94 valence electrons. The molecule has 1 atom stereocenters. The van der Waals surface area contributed by atoms with Gasteiger partial charge in [0.15, 0.2) is 6.61 Å². The fourth-order valence-corrected chi connectivity index (χ4v) is 1.05. The summed E-state index contributed by atoms with van der Waals surface area (Å²) in [5, 5.41) is 19.8. The largest absolute Gasteiger partial charge is 0.484 e. The molecule has 1 amide bonds. The average molecular weight is 243 g/mol. The van der Waals surface area contributed by atoms with Gasteiger partial charge in [0.05, 0.1) is 12.7 Å². The molecule has 0 aliphatic rings. The second-order valence-corrected chi connectivity index (χ2v) is 3.39. The summed E-state index contributed by atoms with van der Waals surface area (Å²) in [4.78, 5) is 11.2. The monoisotopic (exact) mass is 243 g/mol. The van der Waals surface area contributed by atoms with Gasteiger partial charge in [0.1, 0.15) is 11.6 Å². The first kappa shape index (κ1) is 13.4. The van der Waals surface area contributed by atoms with E-state index >= 15 is 0 Å². The van der Waals surface area contributed by atoms with Crippen molar-refractivity contribution in [1.29, 1.82) is 0 Å². The summed E-state index contributed by atoms with van der Waals surface area (Å²) in [6.45, 7) is -0.755. The molecular weight excluding hydrogens is 229 g/mol. The molecule has 0 aliphatic carbocycles. The first-order valence-electron chi connectivity index (χ1n) is 5.06. The molecular formula is C11H14FNO4. The molecule has 0 saturated carbocycles. The molecule has 3 N–H and O–H groups in total. The maximum Gasteiger partial charge on any atom is 0.258 e. The number of nitrogens with one attached hydrogen (secondary N) is 1. The van der Waals surface area contributed by atoms with Crippen LogP contribution in [0.1, 0.15) is 0 Å². The Morgan fingerprint density at radius 2 is 2.29 bits per heavy atom. The van der Waals surface area contributed by atoms with Gasteiger partial charge in [-0.1, -0.05) is 6.07 Å². The van der Waals surface area contributed by atoms with E-state index in [2.05, 4.69) is 5.32 Å². The summed E-state index contributed by atoms with van der Waals surface area (Å²) in [5.74, 6) is -0.650. The van der Waals surface area contributed by atoms with Crippen LogP contribution in [0.25, 0.3) is 0 Å². The molecule has 1 aromatic rings. The van der Waals surface area contributed by atoms with Crippen molar-refractivity contribution in [1.82, 2.24) is 5.32 Å². The van der Waals surface area contributed by atoms with E-state index < -0.39 is 24.4 Å². The number of carbonyl (C=O) groups is 1. The average Bonchev–Trinajstić information content (AvgIpc) is 2.33. The van der Waals surface area contributed by atoms with Crippen LogP contribution in [-0.4, -0.2) is 42.0 Å². The topological polar surface area (TPSA) is 78.8 Å². The first-order chi connectivity index (χ1) is 8.11. The molecule has 0 aliphatic heterocycles. The maximum atomic E-state index is 12.7. The second-order valence-electron chi connectivity index (χ2n) is 3.39. The van der Waals surface area contributed by atoms with Crippen LogP contribution in [0.3, 0.4) is 0 Å². The van der Waals surface area contributed by atoms with Crippen LogP contribution in [0, 0.1) is 5.82 Å². The number of halogens is 1. The van der Waals surface area contributed by atoms with Crippen LogP contribution in [0.5, 0.6) is 5.75 Å². The minimum atomic E-state index is -0.992. The highest BCUT2D eigenvalue weighted by Gasteiger charge is 2.06. The Kier molecular flexibility index (Phi) is 5.38. The Morgan fingerprint density at radius 1 is 1.53 bits per heavy atom. The van der Waals surface area contributed by atoms with E-state index in [-0.39, 0.29) is 18.9 Å². The second kappa shape index (κ2) is 6.82. The lowest BCUT2D eigenvalue weighted by atomic mass is 10.3. The zero-order valence-electron chi connectivity index (χ0n) is 9.10. The fraction of sp³-hybridized carbons (Fsp3) is 0.364. The lowest BCUT2D eigenvalue weighted by molar-refractivity contribution is -0.123. The van der Waals surface area contributed by atoms with Gasteiger partial charge >= 0.3 is 0 Å². The Labute approximate surface area is 97.8 Å². The first-order valence-corrected chi connectivity index (χ1v) is 5.06. The molecule has 0 spiro atoms. The summed E-state index contributed by atoms with van der Waals surface area (Å²) in [6, 6.07) is 5.43. The highest BCUT2D eigenvalue weighted by atomic mass is 19.1. The number of aliphatic hydroxyl groups is 2. The quantitative estimate of drug-likeness (QED) is 0.639. The molecule has 0 radical (unpaired) electrons. The van der Waals surface area contributed by atoms with Gasteiger partial charge in [0.2, 0.25) is 0 Å². The third-order valence-corrected chi connectivity index (χ3v) is 1.91. The normalized spacial score (nSPS) is 11.9. The highest BCUT2D eigenvalue weighted by molar-refractivity contribution is 5.77. The number of carbonyl (C=O) groups excluding carboxylic acids is 1. The van der Waals surface area contributed by atoms with Crippen LogP contribution < -0.4 is 10.1 Å². The van der Waals surface area contributed by atoms with Gasteiger partial charge in [0.25, 0.3) is 5.91 Å². The van der Waals surface area contributed by atoms with E-state index in [1.165, 1.54) is 18.2 Å². The Hall–Kier alpha value is -1.66. The maximum absolute atomic E-state index is 12.7. The van der Waals surface area contributed by atoms with Crippen molar-refractivity contribution < 1.29 is 24.1 Å².